The molecule has 5 heteroatoms. The van der Waals surface area contributed by atoms with Gasteiger partial charge < -0.3 is 5.73 Å². The quantitative estimate of drug-likeness (QED) is 0.800. The molecule has 4 nitrogen and oxygen atoms in total. The molecule has 0 aliphatic carbocycles. The predicted molar refractivity (Wildman–Crippen MR) is 78.4 cm³/mol. The molecule has 3 aromatic rings. The highest BCUT2D eigenvalue weighted by molar-refractivity contribution is 5.32. The summed E-state index contributed by atoms with van der Waals surface area (Å²) in [7, 11) is 0. The summed E-state index contributed by atoms with van der Waals surface area (Å²) in [5, 5.41) is 8.04. The van der Waals surface area contributed by atoms with Crippen molar-refractivity contribution in [2.24, 2.45) is 5.73 Å². The molecule has 0 amide bonds. The molecule has 0 aliphatic heterocycles. The lowest BCUT2D eigenvalue weighted by Gasteiger charge is -2.13. The molecule has 21 heavy (non-hydrogen) atoms. The van der Waals surface area contributed by atoms with Crippen LogP contribution in [0.25, 0.3) is 5.69 Å². The van der Waals surface area contributed by atoms with E-state index in [4.69, 9.17) is 5.73 Å². The molecule has 0 radical (unpaired) electrons. The van der Waals surface area contributed by atoms with Crippen molar-refractivity contribution in [2.75, 3.05) is 0 Å². The number of rotatable bonds is 4. The first-order valence-corrected chi connectivity index (χ1v) is 6.70. The van der Waals surface area contributed by atoms with Gasteiger partial charge in [-0.2, -0.15) is 0 Å². The first-order valence-electron chi connectivity index (χ1n) is 6.70. The Labute approximate surface area is 122 Å². The zero-order valence-electron chi connectivity index (χ0n) is 11.4. The summed E-state index contributed by atoms with van der Waals surface area (Å²) < 4.78 is 14.7. The summed E-state index contributed by atoms with van der Waals surface area (Å²) in [6.07, 6.45) is 2.27. The van der Waals surface area contributed by atoms with Crippen LogP contribution in [-0.4, -0.2) is 15.0 Å². The van der Waals surface area contributed by atoms with Gasteiger partial charge in [0.15, 0.2) is 0 Å². The van der Waals surface area contributed by atoms with E-state index in [9.17, 15) is 4.39 Å². The summed E-state index contributed by atoms with van der Waals surface area (Å²) in [6, 6.07) is 15.8. The van der Waals surface area contributed by atoms with Gasteiger partial charge in [0.1, 0.15) is 5.82 Å². The number of hydrogen-bond donors (Lipinski definition) is 1. The second-order valence-electron chi connectivity index (χ2n) is 4.84. The van der Waals surface area contributed by atoms with Crippen molar-refractivity contribution in [3.63, 3.8) is 0 Å². The van der Waals surface area contributed by atoms with Crippen LogP contribution in [0.2, 0.25) is 0 Å². The molecule has 1 aromatic heterocycles. The van der Waals surface area contributed by atoms with Crippen LogP contribution in [-0.2, 0) is 6.42 Å². The van der Waals surface area contributed by atoms with Crippen LogP contribution < -0.4 is 5.73 Å². The van der Waals surface area contributed by atoms with Crippen LogP contribution in [0.4, 0.5) is 4.39 Å². The number of para-hydroxylation sites is 1. The normalized spacial score (nSPS) is 12.3. The number of benzene rings is 2. The van der Waals surface area contributed by atoms with Gasteiger partial charge in [-0.1, -0.05) is 35.5 Å². The molecule has 2 aromatic carbocycles. The standard InChI is InChI=1S/C16H15FN4/c17-13-8-6-12(7-9-13)10-15(18)16-11-19-20-21(16)14-4-2-1-3-5-14/h1-9,11,15H,10,18H2. The summed E-state index contributed by atoms with van der Waals surface area (Å²) in [5.41, 5.74) is 8.97. The maximum absolute atomic E-state index is 12.9. The molecule has 0 saturated heterocycles. The van der Waals surface area contributed by atoms with E-state index in [2.05, 4.69) is 10.3 Å². The smallest absolute Gasteiger partial charge is 0.123 e. The molecule has 0 saturated carbocycles. The molecule has 106 valence electrons. The maximum atomic E-state index is 12.9. The first-order chi connectivity index (χ1) is 10.2. The Bertz CT molecular complexity index is 707. The summed E-state index contributed by atoms with van der Waals surface area (Å²) in [4.78, 5) is 0. The fourth-order valence-electron chi connectivity index (χ4n) is 2.24. The molecule has 0 fully saturated rings. The highest BCUT2D eigenvalue weighted by Crippen LogP contribution is 2.18. The van der Waals surface area contributed by atoms with Gasteiger partial charge >= 0.3 is 0 Å². The largest absolute Gasteiger partial charge is 0.322 e. The fraction of sp³-hybridized carbons (Fsp3) is 0.125. The Morgan fingerprint density at radius 3 is 2.48 bits per heavy atom. The number of nitrogens with two attached hydrogens (primary N) is 1. The Morgan fingerprint density at radius 2 is 1.76 bits per heavy atom. The van der Waals surface area contributed by atoms with Crippen molar-refractivity contribution in [3.8, 4) is 5.69 Å². The van der Waals surface area contributed by atoms with Crippen LogP contribution in [0.15, 0.2) is 60.8 Å². The SMILES string of the molecule is NC(Cc1ccc(F)cc1)c1cnnn1-c1ccccc1. The van der Waals surface area contributed by atoms with E-state index in [0.717, 1.165) is 16.9 Å². The van der Waals surface area contributed by atoms with Crippen molar-refractivity contribution in [1.29, 1.82) is 0 Å². The van der Waals surface area contributed by atoms with Gasteiger partial charge in [0, 0.05) is 0 Å². The molecular weight excluding hydrogens is 267 g/mol. The molecule has 3 rings (SSSR count). The first kappa shape index (κ1) is 13.5. The lowest BCUT2D eigenvalue weighted by molar-refractivity contribution is 0.622. The number of halogens is 1. The van der Waals surface area contributed by atoms with E-state index < -0.39 is 0 Å². The van der Waals surface area contributed by atoms with E-state index in [1.54, 1.807) is 23.0 Å². The molecule has 0 bridgehead atoms. The van der Waals surface area contributed by atoms with Crippen molar-refractivity contribution in [2.45, 2.75) is 12.5 Å². The van der Waals surface area contributed by atoms with Gasteiger partial charge in [-0.25, -0.2) is 9.07 Å². The number of hydrogen-bond acceptors (Lipinski definition) is 3. The highest BCUT2D eigenvalue weighted by Gasteiger charge is 2.14. The van der Waals surface area contributed by atoms with E-state index >= 15 is 0 Å². The minimum absolute atomic E-state index is 0.247. The molecule has 1 atom stereocenters. The average Bonchev–Trinajstić information content (AvgIpc) is 3.00. The van der Waals surface area contributed by atoms with Crippen LogP contribution >= 0.6 is 0 Å². The molecule has 2 N–H and O–H groups in total. The van der Waals surface area contributed by atoms with E-state index in [0.29, 0.717) is 6.42 Å². The molecule has 0 spiro atoms. The Morgan fingerprint density at radius 1 is 1.05 bits per heavy atom. The minimum atomic E-state index is -0.259. The Kier molecular flexibility index (Phi) is 3.75. The molecule has 1 heterocycles. The molecule has 0 aliphatic rings. The van der Waals surface area contributed by atoms with Crippen molar-refractivity contribution in [3.05, 3.63) is 77.9 Å². The van der Waals surface area contributed by atoms with E-state index in [1.807, 2.05) is 30.3 Å². The topological polar surface area (TPSA) is 56.7 Å². The van der Waals surface area contributed by atoms with Gasteiger partial charge in [-0.05, 0) is 36.2 Å². The maximum Gasteiger partial charge on any atom is 0.123 e. The highest BCUT2D eigenvalue weighted by atomic mass is 19.1. The van der Waals surface area contributed by atoms with Crippen molar-refractivity contribution < 1.29 is 4.39 Å². The zero-order chi connectivity index (χ0) is 14.7. The average molecular weight is 282 g/mol. The third-order valence-corrected chi connectivity index (χ3v) is 3.33. The van der Waals surface area contributed by atoms with Gasteiger partial charge in [-0.15, -0.1) is 5.10 Å². The lowest BCUT2D eigenvalue weighted by atomic mass is 10.0. The summed E-state index contributed by atoms with van der Waals surface area (Å²) in [5.74, 6) is -0.247. The van der Waals surface area contributed by atoms with Crippen LogP contribution in [0.1, 0.15) is 17.3 Å². The van der Waals surface area contributed by atoms with Gasteiger partial charge in [0.05, 0.1) is 23.6 Å². The van der Waals surface area contributed by atoms with Crippen molar-refractivity contribution >= 4 is 0 Å². The summed E-state index contributed by atoms with van der Waals surface area (Å²) in [6.45, 7) is 0. The lowest BCUT2D eigenvalue weighted by Crippen LogP contribution is -2.17. The molecular formula is C16H15FN4. The fourth-order valence-corrected chi connectivity index (χ4v) is 2.24. The number of nitrogens with zero attached hydrogens (tertiary/aromatic N) is 3. The Hall–Kier alpha value is -2.53. The second-order valence-corrected chi connectivity index (χ2v) is 4.84. The van der Waals surface area contributed by atoms with Crippen LogP contribution in [0, 0.1) is 5.82 Å². The monoisotopic (exact) mass is 282 g/mol. The second kappa shape index (κ2) is 5.85. The predicted octanol–water partition coefficient (Wildman–Crippen LogP) is 2.65. The third-order valence-electron chi connectivity index (χ3n) is 3.33. The van der Waals surface area contributed by atoms with E-state index in [-0.39, 0.29) is 11.9 Å². The van der Waals surface area contributed by atoms with Crippen LogP contribution in [0.5, 0.6) is 0 Å². The minimum Gasteiger partial charge on any atom is -0.322 e. The van der Waals surface area contributed by atoms with Crippen molar-refractivity contribution in [1.82, 2.24) is 15.0 Å². The number of aromatic nitrogens is 3. The third kappa shape index (κ3) is 2.98. The molecule has 1 unspecified atom stereocenters. The Balaban J connectivity index is 1.84. The van der Waals surface area contributed by atoms with Gasteiger partial charge in [0.25, 0.3) is 0 Å². The zero-order valence-corrected chi connectivity index (χ0v) is 11.4. The van der Waals surface area contributed by atoms with E-state index in [1.165, 1.54) is 12.1 Å². The van der Waals surface area contributed by atoms with Gasteiger partial charge in [0.2, 0.25) is 0 Å². The summed E-state index contributed by atoms with van der Waals surface area (Å²) >= 11 is 0. The van der Waals surface area contributed by atoms with Gasteiger partial charge in [-0.3, -0.25) is 0 Å². The van der Waals surface area contributed by atoms with Crippen LogP contribution in [0.3, 0.4) is 0 Å².